The van der Waals surface area contributed by atoms with Gasteiger partial charge in [-0.05, 0) is 123 Å². The molecule has 0 aromatic heterocycles. The van der Waals surface area contributed by atoms with Gasteiger partial charge in [0.05, 0.1) is 32.4 Å². The molecule has 3 aromatic rings. The Labute approximate surface area is 516 Å². The van der Waals surface area contributed by atoms with Gasteiger partial charge in [-0.3, -0.25) is 55.9 Å². The zero-order chi connectivity index (χ0) is 63.6. The third kappa shape index (κ3) is 18.0. The summed E-state index contributed by atoms with van der Waals surface area (Å²) in [6, 6.07) is 12.2. The molecule has 0 aliphatic heterocycles. The van der Waals surface area contributed by atoms with Crippen molar-refractivity contribution in [1.29, 1.82) is 0 Å². The number of nitro benzene ring substituents is 4. The lowest BCUT2D eigenvalue weighted by atomic mass is 9.43. The van der Waals surface area contributed by atoms with Crippen molar-refractivity contribution in [1.82, 2.24) is 4.72 Å². The third-order valence-corrected chi connectivity index (χ3v) is 21.7. The van der Waals surface area contributed by atoms with Crippen LogP contribution in [0.15, 0.2) is 71.6 Å². The molecule has 11 atom stereocenters. The summed E-state index contributed by atoms with van der Waals surface area (Å²) >= 11 is 0. The van der Waals surface area contributed by atoms with Crippen LogP contribution >= 0.6 is 0 Å². The maximum atomic E-state index is 14.2. The summed E-state index contributed by atoms with van der Waals surface area (Å²) in [7, 11) is -4.63. The van der Waals surface area contributed by atoms with Gasteiger partial charge in [0.2, 0.25) is 10.0 Å². The molecule has 3 aromatic carbocycles. The number of fused-ring (bicyclic) bond motifs is 5. The minimum absolute atomic E-state index is 0.0696. The number of carbonyl (C=O) groups is 3. The van der Waals surface area contributed by atoms with Gasteiger partial charge >= 0.3 is 18.2 Å². The Kier molecular flexibility index (Phi) is 25.0. The normalized spacial score (nSPS) is 25.0. The van der Waals surface area contributed by atoms with Crippen molar-refractivity contribution in [2.45, 2.75) is 224 Å². The number of carbonyl (C=O) groups excluding carboxylic acids is 3. The number of unbranched alkanes of at least 4 members (excludes halogenated alkanes) is 17. The lowest BCUT2D eigenvalue weighted by Crippen LogP contribution is -2.64. The molecule has 0 bridgehead atoms. The van der Waals surface area contributed by atoms with Crippen molar-refractivity contribution < 1.29 is 56.7 Å². The summed E-state index contributed by atoms with van der Waals surface area (Å²) in [6.07, 6.45) is 23.0. The number of nitro groups is 4. The summed E-state index contributed by atoms with van der Waals surface area (Å²) in [4.78, 5) is 84.5. The van der Waals surface area contributed by atoms with E-state index >= 15 is 0 Å². The Hall–Kier alpha value is -6.82. The molecule has 88 heavy (non-hydrogen) atoms. The van der Waals surface area contributed by atoms with E-state index in [1.807, 2.05) is 0 Å². The van der Waals surface area contributed by atoms with Crippen molar-refractivity contribution in [2.24, 2.45) is 46.3 Å². The highest BCUT2D eigenvalue weighted by atomic mass is 32.2. The van der Waals surface area contributed by atoms with Gasteiger partial charge in [0.25, 0.3) is 22.7 Å². The van der Waals surface area contributed by atoms with Crippen LogP contribution in [0.2, 0.25) is 0 Å². The van der Waals surface area contributed by atoms with Crippen LogP contribution in [0.25, 0.3) is 0 Å². The van der Waals surface area contributed by atoms with E-state index in [-0.39, 0.29) is 96.3 Å². The molecule has 4 fully saturated rings. The molecule has 23 nitrogen and oxygen atoms in total. The third-order valence-electron chi connectivity index (χ3n) is 20.2. The molecule has 0 unspecified atom stereocenters. The monoisotopic (exact) mass is 1250 g/mol. The summed E-state index contributed by atoms with van der Waals surface area (Å²) in [5.74, 6) is -1.68. The van der Waals surface area contributed by atoms with Gasteiger partial charge in [-0.25, -0.2) is 22.7 Å². The second-order valence-corrected chi connectivity index (χ2v) is 27.4. The summed E-state index contributed by atoms with van der Waals surface area (Å²) in [5.41, 5.74) is -2.81. The second kappa shape index (κ2) is 32.1. The first-order valence-corrected chi connectivity index (χ1v) is 33.6. The highest BCUT2D eigenvalue weighted by molar-refractivity contribution is 7.89. The molecule has 0 radical (unpaired) electrons. The van der Waals surface area contributed by atoms with Crippen LogP contribution in [0.5, 0.6) is 0 Å². The zero-order valence-electron chi connectivity index (χ0n) is 51.6. The van der Waals surface area contributed by atoms with Crippen molar-refractivity contribution >= 4 is 62.3 Å². The number of hydrogen-bond acceptors (Lipinski definition) is 16. The number of non-ortho nitro benzene ring substituents is 3. The van der Waals surface area contributed by atoms with E-state index in [4.69, 9.17) is 14.2 Å². The maximum absolute atomic E-state index is 14.2. The van der Waals surface area contributed by atoms with Gasteiger partial charge in [0.15, 0.2) is 4.90 Å². The van der Waals surface area contributed by atoms with E-state index in [0.717, 1.165) is 31.4 Å². The minimum Gasteiger partial charge on any atom is -0.466 e. The average Bonchev–Trinajstić information content (AvgIpc) is 2.87. The van der Waals surface area contributed by atoms with Crippen molar-refractivity contribution in [2.75, 3.05) is 17.2 Å². The molecule has 0 spiro atoms. The number of sulfonamides is 1. The quantitative estimate of drug-likeness (QED) is 0.0164. The highest BCUT2D eigenvalue weighted by Gasteiger charge is 2.68. The Morgan fingerprint density at radius 2 is 1.11 bits per heavy atom. The predicted molar refractivity (Wildman–Crippen MR) is 332 cm³/mol. The van der Waals surface area contributed by atoms with Crippen molar-refractivity contribution in [3.8, 4) is 0 Å². The van der Waals surface area contributed by atoms with E-state index in [1.54, 1.807) is 0 Å². The SMILES string of the molecule is CCCCCCCCCCCCCCCCCCCCOC(=O)CC[C@@H](C)[C@H]1CC[C@H]2[C@@H]3[C@H](OC(=O)Nc4ccc([N+](=O)[O-])cc4)C[C@@H]4C[C@H](NS(=O)(=O)c5ccc([N+](=O)[O-])cc5[N+](=O)[O-])CC[C@]4(C)[C@H]3C[C@H](OC(=O)Nc3ccc([N+](=O)[O-])cc3)[C@]12C. The number of hydrogen-bond donors (Lipinski definition) is 3. The second-order valence-electron chi connectivity index (χ2n) is 25.7. The fourth-order valence-electron chi connectivity index (χ4n) is 15.5. The van der Waals surface area contributed by atoms with Gasteiger partial charge in [-0.1, -0.05) is 137 Å². The summed E-state index contributed by atoms with van der Waals surface area (Å²) in [6.45, 7) is 8.93. The Balaban J connectivity index is 1.04. The van der Waals surface area contributed by atoms with Crippen LogP contribution in [0.3, 0.4) is 0 Å². The van der Waals surface area contributed by atoms with Crippen LogP contribution < -0.4 is 15.4 Å². The molecule has 4 saturated carbocycles. The lowest BCUT2D eigenvalue weighted by molar-refractivity contribution is -0.396. The van der Waals surface area contributed by atoms with E-state index in [9.17, 15) is 63.3 Å². The smallest absolute Gasteiger partial charge is 0.411 e. The van der Waals surface area contributed by atoms with Gasteiger partial charge in [-0.15, -0.1) is 0 Å². The van der Waals surface area contributed by atoms with E-state index in [1.165, 1.54) is 145 Å². The summed E-state index contributed by atoms with van der Waals surface area (Å²) in [5, 5.41) is 52.0. The van der Waals surface area contributed by atoms with E-state index < -0.39 is 87.3 Å². The molecule has 24 heteroatoms. The molecule has 3 N–H and O–H groups in total. The molecule has 2 amide bonds. The fourth-order valence-corrected chi connectivity index (χ4v) is 16.9. The van der Waals surface area contributed by atoms with Crippen LogP contribution in [0.4, 0.5) is 43.7 Å². The Morgan fingerprint density at radius 1 is 0.614 bits per heavy atom. The number of nitrogens with one attached hydrogen (secondary N) is 3. The van der Waals surface area contributed by atoms with Crippen molar-refractivity contribution in [3.05, 3.63) is 107 Å². The number of ether oxygens (including phenoxy) is 3. The van der Waals surface area contributed by atoms with Crippen LogP contribution in [-0.4, -0.2) is 71.1 Å². The molecule has 4 aliphatic rings. The number of rotatable bonds is 34. The van der Waals surface area contributed by atoms with Gasteiger partial charge in [-0.2, -0.15) is 0 Å². The standard InChI is InChI=1S/C64H91N7O16S/c1-5-6-7-8-9-10-11-12-13-14-15-16-17-18-19-20-21-22-39-85-59(72)36-23-44(2)52-33-34-53-60-54(43-58(64(52,53)4)87-62(74)66-47-26-30-50(31-27-47)69(77)78)63(3)38-37-48(67-88(83,84)57-35-32-51(70(79)80)42-55(57)71(81)82)40-45(63)41-56(60)86-61(73)65-46-24-28-49(29-25-46)68(75)76/h24-32,35,42,44-45,48,52-54,56,58,60,67H,5-23,33-34,36-41,43H2,1-4H3,(H,65,73)(H,66,74)/t44-,45+,48-,52-,53+,54+,56-,58+,60+,63+,64-/m1/s1. The summed E-state index contributed by atoms with van der Waals surface area (Å²) < 4.78 is 49.6. The molecule has 0 saturated heterocycles. The number of anilines is 2. The molecule has 484 valence electrons. The molecule has 0 heterocycles. The van der Waals surface area contributed by atoms with Crippen LogP contribution in [0.1, 0.15) is 201 Å². The number of amides is 2. The highest BCUT2D eigenvalue weighted by Crippen LogP contribution is 2.69. The van der Waals surface area contributed by atoms with Crippen LogP contribution in [-0.2, 0) is 29.0 Å². The Morgan fingerprint density at radius 3 is 1.62 bits per heavy atom. The number of benzene rings is 3. The minimum atomic E-state index is -4.63. The molecular weight excluding hydrogens is 1150 g/mol. The maximum Gasteiger partial charge on any atom is 0.411 e. The van der Waals surface area contributed by atoms with E-state index in [2.05, 4.69) is 43.1 Å². The Bertz CT molecular complexity index is 2990. The predicted octanol–water partition coefficient (Wildman–Crippen LogP) is 16.1. The fraction of sp³-hybridized carbons (Fsp3) is 0.672. The topological polar surface area (TPSA) is 322 Å². The first kappa shape index (κ1) is 68.7. The van der Waals surface area contributed by atoms with Gasteiger partial charge < -0.3 is 14.2 Å². The number of esters is 1. The number of nitrogens with zero attached hydrogens (tertiary/aromatic N) is 4. The van der Waals surface area contributed by atoms with E-state index in [0.29, 0.717) is 38.4 Å². The molecule has 7 rings (SSSR count). The largest absolute Gasteiger partial charge is 0.466 e. The first-order chi connectivity index (χ1) is 42.0. The molecular formula is C64H91N7O16S. The van der Waals surface area contributed by atoms with Crippen LogP contribution in [0, 0.1) is 86.8 Å². The zero-order valence-corrected chi connectivity index (χ0v) is 52.4. The molecule has 4 aliphatic carbocycles. The average molecular weight is 1250 g/mol. The van der Waals surface area contributed by atoms with Gasteiger partial charge in [0.1, 0.15) is 12.2 Å². The van der Waals surface area contributed by atoms with Crippen molar-refractivity contribution in [3.63, 3.8) is 0 Å². The lowest BCUT2D eigenvalue weighted by Gasteiger charge is -2.64. The van der Waals surface area contributed by atoms with Gasteiger partial charge in [0, 0.05) is 65.5 Å². The first-order valence-electron chi connectivity index (χ1n) is 32.1.